The van der Waals surface area contributed by atoms with Gasteiger partial charge in [-0.2, -0.15) is 0 Å². The Labute approximate surface area is 149 Å². The van der Waals surface area contributed by atoms with Crippen molar-refractivity contribution in [3.63, 3.8) is 0 Å². The number of halogens is 1. The summed E-state index contributed by atoms with van der Waals surface area (Å²) in [5.41, 5.74) is 3.70. The van der Waals surface area contributed by atoms with E-state index in [-0.39, 0.29) is 5.91 Å². The highest BCUT2D eigenvalue weighted by atomic mass is 79.9. The minimum atomic E-state index is 0.0331. The smallest absolute Gasteiger partial charge is 0.246 e. The van der Waals surface area contributed by atoms with Crippen molar-refractivity contribution in [2.45, 2.75) is 39.3 Å². The van der Waals surface area contributed by atoms with Gasteiger partial charge < -0.3 is 9.47 Å². The molecule has 0 spiro atoms. The topological polar surface area (TPSA) is 25.2 Å². The van der Waals surface area contributed by atoms with E-state index in [0.717, 1.165) is 9.35 Å². The normalized spacial score (nSPS) is 14.6. The number of amides is 1. The summed E-state index contributed by atoms with van der Waals surface area (Å²) in [4.78, 5) is 15.2. The summed E-state index contributed by atoms with van der Waals surface area (Å²) in [6.07, 6.45) is 6.18. The molecule has 3 nitrogen and oxygen atoms in total. The Bertz CT molecular complexity index is 755. The maximum absolute atomic E-state index is 12.3. The third-order valence-electron chi connectivity index (χ3n) is 4.24. The molecule has 122 valence electrons. The molecule has 3 rings (SSSR count). The van der Waals surface area contributed by atoms with Gasteiger partial charge in [-0.15, -0.1) is 11.3 Å². The Morgan fingerprint density at radius 2 is 2.17 bits per heavy atom. The summed E-state index contributed by atoms with van der Waals surface area (Å²) in [7, 11) is 1.84. The lowest BCUT2D eigenvalue weighted by molar-refractivity contribution is -0.125. The molecule has 0 radical (unpaired) electrons. The molecule has 0 N–H and O–H groups in total. The first-order chi connectivity index (χ1) is 11.0. The molecule has 2 aromatic heterocycles. The minimum absolute atomic E-state index is 0.0331. The van der Waals surface area contributed by atoms with Crippen molar-refractivity contribution >= 4 is 39.2 Å². The summed E-state index contributed by atoms with van der Waals surface area (Å²) >= 11 is 5.11. The van der Waals surface area contributed by atoms with Gasteiger partial charge in [0.05, 0.1) is 10.3 Å². The summed E-state index contributed by atoms with van der Waals surface area (Å²) in [5, 5.41) is 0. The molecule has 0 atom stereocenters. The molecule has 0 aliphatic heterocycles. The molecule has 1 aliphatic carbocycles. The molecule has 1 aliphatic rings. The van der Waals surface area contributed by atoms with Crippen LogP contribution in [0.4, 0.5) is 0 Å². The van der Waals surface area contributed by atoms with Crippen molar-refractivity contribution in [1.82, 2.24) is 9.47 Å². The third kappa shape index (κ3) is 3.78. The van der Waals surface area contributed by atoms with E-state index >= 15 is 0 Å². The standard InChI is InChI=1S/C18H21BrN2OS/c1-12-10-14(13(2)21(12)15-5-6-15)4-9-18(22)20(3)11-16-7-8-17(19)23-16/h4,7-10,15H,5-6,11H2,1-3H3/b9-4+. The van der Waals surface area contributed by atoms with Crippen LogP contribution in [0.2, 0.25) is 0 Å². The van der Waals surface area contributed by atoms with Crippen LogP contribution in [-0.2, 0) is 11.3 Å². The molecule has 1 saturated carbocycles. The summed E-state index contributed by atoms with van der Waals surface area (Å²) in [6.45, 7) is 4.92. The average Bonchev–Trinajstić information content (AvgIpc) is 3.18. The molecular weight excluding hydrogens is 372 g/mol. The second-order valence-corrected chi connectivity index (χ2v) is 8.71. The van der Waals surface area contributed by atoms with Crippen molar-refractivity contribution in [1.29, 1.82) is 0 Å². The van der Waals surface area contributed by atoms with Gasteiger partial charge in [-0.1, -0.05) is 0 Å². The molecule has 1 amide bonds. The lowest BCUT2D eigenvalue weighted by atomic mass is 10.2. The summed E-state index contributed by atoms with van der Waals surface area (Å²) < 4.78 is 3.49. The fourth-order valence-electron chi connectivity index (χ4n) is 2.90. The average molecular weight is 393 g/mol. The van der Waals surface area contributed by atoms with Crippen LogP contribution in [0.25, 0.3) is 6.08 Å². The van der Waals surface area contributed by atoms with Crippen LogP contribution in [0.3, 0.4) is 0 Å². The number of carbonyl (C=O) groups excluding carboxylic acids is 1. The monoisotopic (exact) mass is 392 g/mol. The van der Waals surface area contributed by atoms with Crippen LogP contribution in [0, 0.1) is 13.8 Å². The van der Waals surface area contributed by atoms with Gasteiger partial charge in [0.25, 0.3) is 0 Å². The minimum Gasteiger partial charge on any atom is -0.346 e. The molecule has 23 heavy (non-hydrogen) atoms. The van der Waals surface area contributed by atoms with Crippen LogP contribution in [0.5, 0.6) is 0 Å². The van der Waals surface area contributed by atoms with Gasteiger partial charge in [0.2, 0.25) is 5.91 Å². The maximum Gasteiger partial charge on any atom is 0.246 e. The Hall–Kier alpha value is -1.33. The maximum atomic E-state index is 12.3. The molecule has 0 unspecified atom stereocenters. The van der Waals surface area contributed by atoms with Crippen LogP contribution in [-0.4, -0.2) is 22.4 Å². The predicted molar refractivity (Wildman–Crippen MR) is 99.7 cm³/mol. The van der Waals surface area contributed by atoms with Crippen LogP contribution < -0.4 is 0 Å². The van der Waals surface area contributed by atoms with Crippen LogP contribution in [0.1, 0.15) is 40.7 Å². The number of aryl methyl sites for hydroxylation is 1. The van der Waals surface area contributed by atoms with Crippen molar-refractivity contribution in [3.8, 4) is 0 Å². The molecule has 1 fully saturated rings. The van der Waals surface area contributed by atoms with E-state index in [1.165, 1.54) is 29.1 Å². The summed E-state index contributed by atoms with van der Waals surface area (Å²) in [5.74, 6) is 0.0331. The number of nitrogens with zero attached hydrogens (tertiary/aromatic N) is 2. The van der Waals surface area contributed by atoms with Gasteiger partial charge in [-0.3, -0.25) is 4.79 Å². The Morgan fingerprint density at radius 3 is 2.78 bits per heavy atom. The van der Waals surface area contributed by atoms with Gasteiger partial charge in [-0.05, 0) is 72.5 Å². The zero-order chi connectivity index (χ0) is 16.6. The number of aromatic nitrogens is 1. The largest absolute Gasteiger partial charge is 0.346 e. The zero-order valence-electron chi connectivity index (χ0n) is 13.7. The fourth-order valence-corrected chi connectivity index (χ4v) is 4.44. The highest BCUT2D eigenvalue weighted by molar-refractivity contribution is 9.11. The second kappa shape index (κ2) is 6.65. The Kier molecular flexibility index (Phi) is 4.78. The van der Waals surface area contributed by atoms with Crippen LogP contribution in [0.15, 0.2) is 28.1 Å². The van der Waals surface area contributed by atoms with Gasteiger partial charge in [0, 0.05) is 35.4 Å². The van der Waals surface area contributed by atoms with E-state index in [4.69, 9.17) is 0 Å². The summed E-state index contributed by atoms with van der Waals surface area (Å²) in [6, 6.07) is 6.91. The van der Waals surface area contributed by atoms with Gasteiger partial charge in [0.1, 0.15) is 0 Å². The van der Waals surface area contributed by atoms with Gasteiger partial charge in [-0.25, -0.2) is 0 Å². The Morgan fingerprint density at radius 1 is 1.43 bits per heavy atom. The molecule has 0 saturated heterocycles. The SMILES string of the molecule is Cc1cc(/C=C/C(=O)N(C)Cc2ccc(Br)s2)c(C)n1C1CC1. The van der Waals surface area contributed by atoms with E-state index in [1.807, 2.05) is 25.3 Å². The lowest BCUT2D eigenvalue weighted by Gasteiger charge is -2.13. The second-order valence-electron chi connectivity index (χ2n) is 6.16. The number of rotatable bonds is 5. The highest BCUT2D eigenvalue weighted by Crippen LogP contribution is 2.38. The van der Waals surface area contributed by atoms with Crippen molar-refractivity contribution in [2.24, 2.45) is 0 Å². The number of hydrogen-bond acceptors (Lipinski definition) is 2. The first kappa shape index (κ1) is 16.5. The first-order valence-electron chi connectivity index (χ1n) is 7.81. The van der Waals surface area contributed by atoms with E-state index in [0.29, 0.717) is 12.6 Å². The highest BCUT2D eigenvalue weighted by Gasteiger charge is 2.26. The third-order valence-corrected chi connectivity index (χ3v) is 5.85. The molecule has 2 aromatic rings. The van der Waals surface area contributed by atoms with Crippen molar-refractivity contribution in [2.75, 3.05) is 7.05 Å². The van der Waals surface area contributed by atoms with Crippen molar-refractivity contribution < 1.29 is 4.79 Å². The molecule has 2 heterocycles. The van der Waals surface area contributed by atoms with Crippen LogP contribution >= 0.6 is 27.3 Å². The van der Waals surface area contributed by atoms with Gasteiger partial charge >= 0.3 is 0 Å². The first-order valence-corrected chi connectivity index (χ1v) is 9.42. The lowest BCUT2D eigenvalue weighted by Crippen LogP contribution is -2.23. The Balaban J connectivity index is 1.67. The van der Waals surface area contributed by atoms with E-state index < -0.39 is 0 Å². The number of hydrogen-bond donors (Lipinski definition) is 0. The number of thiophene rings is 1. The number of likely N-dealkylation sites (N-methyl/N-ethyl adjacent to an activating group) is 1. The number of carbonyl (C=O) groups is 1. The molecule has 0 bridgehead atoms. The van der Waals surface area contributed by atoms with E-state index in [2.05, 4.69) is 40.4 Å². The molecule has 0 aromatic carbocycles. The quantitative estimate of drug-likeness (QED) is 0.661. The molecular formula is C18H21BrN2OS. The van der Waals surface area contributed by atoms with Gasteiger partial charge in [0.15, 0.2) is 0 Å². The van der Waals surface area contributed by atoms with E-state index in [9.17, 15) is 4.79 Å². The fraction of sp³-hybridized carbons (Fsp3) is 0.389. The zero-order valence-corrected chi connectivity index (χ0v) is 16.1. The van der Waals surface area contributed by atoms with E-state index in [1.54, 1.807) is 22.3 Å². The predicted octanol–water partition coefficient (Wildman–Crippen LogP) is 4.94. The molecule has 5 heteroatoms. The van der Waals surface area contributed by atoms with Crippen molar-refractivity contribution in [3.05, 3.63) is 49.9 Å².